The predicted molar refractivity (Wildman–Crippen MR) is 216 cm³/mol. The summed E-state index contributed by atoms with van der Waals surface area (Å²) in [7, 11) is 0. The van der Waals surface area contributed by atoms with Crippen molar-refractivity contribution >= 4 is 82.6 Å². The van der Waals surface area contributed by atoms with Crippen LogP contribution in [-0.4, -0.2) is 0 Å². The first kappa shape index (κ1) is 28.6. The van der Waals surface area contributed by atoms with Gasteiger partial charge < -0.3 is 4.90 Å². The summed E-state index contributed by atoms with van der Waals surface area (Å²) < 4.78 is 0. The van der Waals surface area contributed by atoms with Crippen molar-refractivity contribution in [2.75, 3.05) is 4.90 Å². The quantitative estimate of drug-likeness (QED) is 0.0998. The smallest absolute Gasteiger partial charge is 0.0619 e. The van der Waals surface area contributed by atoms with Gasteiger partial charge in [-0.3, -0.25) is 0 Å². The fraction of sp³-hybridized carbons (Fsp3) is 0.0204. The first-order valence-corrected chi connectivity index (χ1v) is 17.3. The Labute approximate surface area is 291 Å². The van der Waals surface area contributed by atoms with Crippen molar-refractivity contribution in [3.63, 3.8) is 0 Å². The minimum Gasteiger partial charge on any atom is -0.309 e. The predicted octanol–water partition coefficient (Wildman–Crippen LogP) is 13.7. The summed E-state index contributed by atoms with van der Waals surface area (Å²) in [6.45, 7) is 2.16. The summed E-state index contributed by atoms with van der Waals surface area (Å²) in [6, 6.07) is 64.5. The fourth-order valence-electron chi connectivity index (χ4n) is 8.08. The van der Waals surface area contributed by atoms with Crippen LogP contribution in [0.1, 0.15) is 22.3 Å². The largest absolute Gasteiger partial charge is 0.309 e. The molecular formula is C49H33N. The zero-order chi connectivity index (χ0) is 33.2. The average molecular weight is 636 g/mol. The van der Waals surface area contributed by atoms with Crippen LogP contribution in [0.5, 0.6) is 0 Å². The van der Waals surface area contributed by atoms with Crippen molar-refractivity contribution in [1.29, 1.82) is 0 Å². The SMILES string of the molecule is Cc1ccc(N(c2ccc(C=C(c3ccccc3)c3ccccc3)cc2)c2c3cccc4ccc5cc6cccc7ccc2c(c76)c5c43)cc1. The van der Waals surface area contributed by atoms with Crippen molar-refractivity contribution in [1.82, 2.24) is 0 Å². The lowest BCUT2D eigenvalue weighted by molar-refractivity contribution is 1.30. The molecule has 0 saturated heterocycles. The molecule has 0 radical (unpaired) electrons. The van der Waals surface area contributed by atoms with Crippen LogP contribution >= 0.6 is 0 Å². The molecule has 0 saturated carbocycles. The molecule has 0 N–H and O–H groups in total. The molecule has 0 unspecified atom stereocenters. The second-order valence-electron chi connectivity index (χ2n) is 13.4. The van der Waals surface area contributed by atoms with Crippen LogP contribution in [0.4, 0.5) is 17.1 Å². The van der Waals surface area contributed by atoms with Crippen LogP contribution < -0.4 is 4.90 Å². The Morgan fingerprint density at radius 1 is 0.420 bits per heavy atom. The van der Waals surface area contributed by atoms with Gasteiger partial charge in [0, 0.05) is 27.5 Å². The lowest BCUT2D eigenvalue weighted by Crippen LogP contribution is -2.11. The van der Waals surface area contributed by atoms with Crippen molar-refractivity contribution in [3.8, 4) is 0 Å². The average Bonchev–Trinajstić information content (AvgIpc) is 3.17. The number of hydrogen-bond acceptors (Lipinski definition) is 1. The van der Waals surface area contributed by atoms with Crippen molar-refractivity contribution < 1.29 is 0 Å². The van der Waals surface area contributed by atoms with Crippen molar-refractivity contribution in [2.24, 2.45) is 0 Å². The highest BCUT2D eigenvalue weighted by atomic mass is 15.1. The number of hydrogen-bond donors (Lipinski definition) is 0. The van der Waals surface area contributed by atoms with Gasteiger partial charge in [-0.1, -0.05) is 151 Å². The second kappa shape index (κ2) is 11.3. The normalized spacial score (nSPS) is 11.7. The lowest BCUT2D eigenvalue weighted by Gasteiger charge is -2.30. The summed E-state index contributed by atoms with van der Waals surface area (Å²) in [5, 5.41) is 13.1. The molecule has 0 aliphatic rings. The number of nitrogens with zero attached hydrogens (tertiary/aromatic N) is 1. The first-order valence-electron chi connectivity index (χ1n) is 17.3. The van der Waals surface area contributed by atoms with E-state index in [-0.39, 0.29) is 0 Å². The first-order chi connectivity index (χ1) is 24.7. The molecule has 0 spiro atoms. The number of benzene rings is 10. The number of anilines is 3. The Kier molecular flexibility index (Phi) is 6.47. The maximum Gasteiger partial charge on any atom is 0.0619 e. The van der Waals surface area contributed by atoms with Gasteiger partial charge in [-0.15, -0.1) is 0 Å². The minimum absolute atomic E-state index is 1.13. The van der Waals surface area contributed by atoms with E-state index in [2.05, 4.69) is 194 Å². The zero-order valence-electron chi connectivity index (χ0n) is 27.8. The highest BCUT2D eigenvalue weighted by Crippen LogP contribution is 2.51. The third-order valence-electron chi connectivity index (χ3n) is 10.4. The molecule has 0 fully saturated rings. The molecule has 10 aromatic rings. The number of aryl methyl sites for hydroxylation is 1. The van der Waals surface area contributed by atoms with E-state index >= 15 is 0 Å². The molecular weight excluding hydrogens is 603 g/mol. The van der Waals surface area contributed by atoms with Crippen molar-refractivity contribution in [3.05, 3.63) is 198 Å². The van der Waals surface area contributed by atoms with Gasteiger partial charge in [-0.25, -0.2) is 0 Å². The molecule has 1 heteroatoms. The molecule has 0 heterocycles. The summed E-state index contributed by atoms with van der Waals surface area (Å²) >= 11 is 0. The Morgan fingerprint density at radius 2 is 0.960 bits per heavy atom. The molecule has 0 amide bonds. The molecule has 0 aliphatic heterocycles. The van der Waals surface area contributed by atoms with Gasteiger partial charge in [0.25, 0.3) is 0 Å². The summed E-state index contributed by atoms with van der Waals surface area (Å²) in [6.07, 6.45) is 2.31. The van der Waals surface area contributed by atoms with Crippen LogP contribution in [0.25, 0.3) is 65.5 Å². The Hall–Kier alpha value is -6.44. The molecule has 10 rings (SSSR count). The zero-order valence-corrected chi connectivity index (χ0v) is 27.8. The lowest BCUT2D eigenvalue weighted by atomic mass is 9.85. The third kappa shape index (κ3) is 4.48. The van der Waals surface area contributed by atoms with E-state index in [0.29, 0.717) is 0 Å². The number of rotatable bonds is 6. The topological polar surface area (TPSA) is 3.24 Å². The van der Waals surface area contributed by atoms with Gasteiger partial charge in [-0.05, 0) is 103 Å². The monoisotopic (exact) mass is 635 g/mol. The van der Waals surface area contributed by atoms with Crippen LogP contribution in [-0.2, 0) is 0 Å². The van der Waals surface area contributed by atoms with Crippen LogP contribution in [0.3, 0.4) is 0 Å². The molecule has 0 aliphatic carbocycles. The second-order valence-corrected chi connectivity index (χ2v) is 13.4. The Morgan fingerprint density at radius 3 is 1.66 bits per heavy atom. The van der Waals surface area contributed by atoms with E-state index in [9.17, 15) is 0 Å². The highest BCUT2D eigenvalue weighted by molar-refractivity contribution is 6.40. The molecule has 50 heavy (non-hydrogen) atoms. The van der Waals surface area contributed by atoms with E-state index in [0.717, 1.165) is 16.9 Å². The minimum atomic E-state index is 1.13. The molecule has 234 valence electrons. The van der Waals surface area contributed by atoms with E-state index in [1.54, 1.807) is 0 Å². The van der Waals surface area contributed by atoms with E-state index in [1.165, 1.54) is 81.8 Å². The molecule has 0 atom stereocenters. The maximum absolute atomic E-state index is 2.48. The van der Waals surface area contributed by atoms with Gasteiger partial charge in [0.1, 0.15) is 0 Å². The van der Waals surface area contributed by atoms with E-state index < -0.39 is 0 Å². The summed E-state index contributed by atoms with van der Waals surface area (Å²) in [5.74, 6) is 0. The summed E-state index contributed by atoms with van der Waals surface area (Å²) in [5.41, 5.74) is 9.50. The van der Waals surface area contributed by atoms with Crippen LogP contribution in [0, 0.1) is 6.92 Å². The molecule has 0 bridgehead atoms. The molecule has 1 nitrogen and oxygen atoms in total. The molecule has 0 aromatic heterocycles. The van der Waals surface area contributed by atoms with Gasteiger partial charge in [0.05, 0.1) is 5.69 Å². The van der Waals surface area contributed by atoms with E-state index in [1.807, 2.05) is 0 Å². The van der Waals surface area contributed by atoms with Gasteiger partial charge in [0.2, 0.25) is 0 Å². The van der Waals surface area contributed by atoms with Crippen LogP contribution in [0.15, 0.2) is 176 Å². The van der Waals surface area contributed by atoms with Gasteiger partial charge in [-0.2, -0.15) is 0 Å². The Balaban J connectivity index is 1.24. The van der Waals surface area contributed by atoms with Gasteiger partial charge in [0.15, 0.2) is 0 Å². The summed E-state index contributed by atoms with van der Waals surface area (Å²) in [4.78, 5) is 2.48. The standard InChI is InChI=1S/C49H33N/c1-32-18-25-40(26-19-32)50(41-27-20-33(21-28-41)30-44(34-10-4-2-5-11-34)35-12-6-3-7-13-35)49-42-17-9-15-37-22-23-39-31-38-16-8-14-36-24-29-43(49)48(45(36)38)47(39)46(37)42/h2-31H,1H3. The third-order valence-corrected chi connectivity index (χ3v) is 10.4. The van der Waals surface area contributed by atoms with E-state index in [4.69, 9.17) is 0 Å². The van der Waals surface area contributed by atoms with Crippen molar-refractivity contribution in [2.45, 2.75) is 6.92 Å². The van der Waals surface area contributed by atoms with Gasteiger partial charge >= 0.3 is 0 Å². The maximum atomic E-state index is 2.48. The fourth-order valence-corrected chi connectivity index (χ4v) is 8.08. The van der Waals surface area contributed by atoms with Crippen LogP contribution in [0.2, 0.25) is 0 Å². The molecule has 10 aromatic carbocycles. The highest BCUT2D eigenvalue weighted by Gasteiger charge is 2.24. The Bertz CT molecular complexity index is 2790.